The summed E-state index contributed by atoms with van der Waals surface area (Å²) in [6.07, 6.45) is 4.53. The molecule has 0 bridgehead atoms. The van der Waals surface area contributed by atoms with Crippen LogP contribution in [0.1, 0.15) is 36.0 Å². The Kier molecular flexibility index (Phi) is 5.55. The summed E-state index contributed by atoms with van der Waals surface area (Å²) in [7, 11) is 0. The van der Waals surface area contributed by atoms with Gasteiger partial charge in [0.25, 0.3) is 11.8 Å². The Labute approximate surface area is 126 Å². The maximum Gasteiger partial charge on any atom is 0.269 e. The van der Waals surface area contributed by atoms with Gasteiger partial charge < -0.3 is 4.74 Å². The van der Waals surface area contributed by atoms with E-state index in [0.717, 1.165) is 30.2 Å². The lowest BCUT2D eigenvalue weighted by Crippen LogP contribution is -2.43. The number of carbonyl (C=O) groups excluding carboxylic acids is 2. The van der Waals surface area contributed by atoms with Crippen molar-refractivity contribution >= 4 is 27.7 Å². The predicted molar refractivity (Wildman–Crippen MR) is 78.0 cm³/mol. The van der Waals surface area contributed by atoms with E-state index < -0.39 is 0 Å². The average molecular weight is 341 g/mol. The first-order valence-electron chi connectivity index (χ1n) is 6.61. The Morgan fingerprint density at radius 1 is 1.15 bits per heavy atom. The van der Waals surface area contributed by atoms with E-state index in [1.807, 2.05) is 0 Å². The molecule has 1 aromatic rings. The number of carbonyl (C=O) groups is 2. The zero-order valence-corrected chi connectivity index (χ0v) is 12.6. The third kappa shape index (κ3) is 4.61. The van der Waals surface area contributed by atoms with E-state index in [1.165, 1.54) is 0 Å². The van der Waals surface area contributed by atoms with Crippen molar-refractivity contribution < 1.29 is 14.3 Å². The number of hydrazine groups is 1. The molecule has 0 saturated heterocycles. The first-order valence-corrected chi connectivity index (χ1v) is 7.41. The van der Waals surface area contributed by atoms with Crippen molar-refractivity contribution in [3.05, 3.63) is 34.3 Å². The maximum absolute atomic E-state index is 11.7. The summed E-state index contributed by atoms with van der Waals surface area (Å²) in [6.45, 7) is -0.0225. The van der Waals surface area contributed by atoms with Gasteiger partial charge in [-0.2, -0.15) is 0 Å². The molecule has 1 fully saturated rings. The number of hydrogen-bond donors (Lipinski definition) is 2. The molecule has 0 atom stereocenters. The number of halogens is 1. The Balaban J connectivity index is 1.69. The van der Waals surface area contributed by atoms with E-state index in [1.54, 1.807) is 24.3 Å². The van der Waals surface area contributed by atoms with Gasteiger partial charge in [-0.1, -0.05) is 28.8 Å². The van der Waals surface area contributed by atoms with Crippen LogP contribution in [0.25, 0.3) is 0 Å². The summed E-state index contributed by atoms with van der Waals surface area (Å²) in [4.78, 5) is 23.3. The van der Waals surface area contributed by atoms with Crippen LogP contribution in [0.3, 0.4) is 0 Å². The Bertz CT molecular complexity index is 470. The minimum atomic E-state index is -0.355. The molecule has 1 saturated carbocycles. The van der Waals surface area contributed by atoms with Gasteiger partial charge in [0, 0.05) is 10.0 Å². The van der Waals surface area contributed by atoms with Gasteiger partial charge in [-0.05, 0) is 37.1 Å². The van der Waals surface area contributed by atoms with E-state index in [2.05, 4.69) is 26.8 Å². The fourth-order valence-corrected chi connectivity index (χ4v) is 2.35. The largest absolute Gasteiger partial charge is 0.368 e. The second-order valence-electron chi connectivity index (χ2n) is 4.73. The van der Waals surface area contributed by atoms with E-state index in [0.29, 0.717) is 5.56 Å². The van der Waals surface area contributed by atoms with Crippen LogP contribution in [0.2, 0.25) is 0 Å². The van der Waals surface area contributed by atoms with Crippen LogP contribution in [0.5, 0.6) is 0 Å². The van der Waals surface area contributed by atoms with E-state index in [-0.39, 0.29) is 24.5 Å². The number of ether oxygens (including phenoxy) is 1. The lowest BCUT2D eigenvalue weighted by atomic mass is 10.2. The molecular weight excluding hydrogens is 324 g/mol. The van der Waals surface area contributed by atoms with Crippen molar-refractivity contribution in [2.24, 2.45) is 0 Å². The Morgan fingerprint density at radius 3 is 2.45 bits per heavy atom. The van der Waals surface area contributed by atoms with Gasteiger partial charge in [0.2, 0.25) is 0 Å². The number of rotatable bonds is 4. The van der Waals surface area contributed by atoms with Crippen LogP contribution < -0.4 is 10.9 Å². The van der Waals surface area contributed by atoms with Gasteiger partial charge >= 0.3 is 0 Å². The highest BCUT2D eigenvalue weighted by molar-refractivity contribution is 9.10. The van der Waals surface area contributed by atoms with Crippen molar-refractivity contribution in [1.29, 1.82) is 0 Å². The summed E-state index contributed by atoms with van der Waals surface area (Å²) >= 11 is 3.29. The summed E-state index contributed by atoms with van der Waals surface area (Å²) in [5, 5.41) is 0. The Morgan fingerprint density at radius 2 is 1.80 bits per heavy atom. The predicted octanol–water partition coefficient (Wildman–Crippen LogP) is 2.17. The second-order valence-corrected chi connectivity index (χ2v) is 5.64. The summed E-state index contributed by atoms with van der Waals surface area (Å²) in [5.74, 6) is -0.700. The van der Waals surface area contributed by atoms with Crippen LogP contribution >= 0.6 is 15.9 Å². The zero-order valence-electron chi connectivity index (χ0n) is 11.0. The lowest BCUT2D eigenvalue weighted by molar-refractivity contribution is -0.128. The minimum absolute atomic E-state index is 0.0225. The van der Waals surface area contributed by atoms with Crippen molar-refractivity contribution in [2.45, 2.75) is 31.8 Å². The fraction of sp³-hybridized carbons (Fsp3) is 0.429. The van der Waals surface area contributed by atoms with Crippen molar-refractivity contribution in [3.8, 4) is 0 Å². The maximum atomic E-state index is 11.7. The van der Waals surface area contributed by atoms with Gasteiger partial charge in [0.15, 0.2) is 0 Å². The van der Waals surface area contributed by atoms with Crippen molar-refractivity contribution in [1.82, 2.24) is 10.9 Å². The average Bonchev–Trinajstić information content (AvgIpc) is 2.96. The molecule has 2 N–H and O–H groups in total. The van der Waals surface area contributed by atoms with Crippen LogP contribution in [-0.4, -0.2) is 24.5 Å². The van der Waals surface area contributed by atoms with Crippen LogP contribution in [0.4, 0.5) is 0 Å². The van der Waals surface area contributed by atoms with Gasteiger partial charge in [-0.3, -0.25) is 20.4 Å². The third-order valence-corrected chi connectivity index (χ3v) is 3.70. The molecular formula is C14H17BrN2O3. The highest BCUT2D eigenvalue weighted by atomic mass is 79.9. The molecule has 0 radical (unpaired) electrons. The summed E-state index contributed by atoms with van der Waals surface area (Å²) < 4.78 is 6.34. The van der Waals surface area contributed by atoms with Crippen molar-refractivity contribution in [3.63, 3.8) is 0 Å². The molecule has 0 spiro atoms. The van der Waals surface area contributed by atoms with Crippen LogP contribution in [0, 0.1) is 0 Å². The molecule has 1 aliphatic rings. The number of hydrogen-bond acceptors (Lipinski definition) is 3. The van der Waals surface area contributed by atoms with Crippen LogP contribution in [-0.2, 0) is 9.53 Å². The van der Waals surface area contributed by atoms with Gasteiger partial charge in [-0.25, -0.2) is 0 Å². The molecule has 2 rings (SSSR count). The number of nitrogens with one attached hydrogen (secondary N) is 2. The van der Waals surface area contributed by atoms with Crippen molar-refractivity contribution in [2.75, 3.05) is 6.61 Å². The highest BCUT2D eigenvalue weighted by Crippen LogP contribution is 2.20. The molecule has 2 amide bonds. The number of amides is 2. The lowest BCUT2D eigenvalue weighted by Gasteiger charge is -2.11. The molecule has 0 aromatic heterocycles. The van der Waals surface area contributed by atoms with Gasteiger partial charge in [-0.15, -0.1) is 0 Å². The molecule has 6 heteroatoms. The Hall–Kier alpha value is -1.40. The molecule has 1 aromatic carbocycles. The molecule has 108 valence electrons. The fourth-order valence-electron chi connectivity index (χ4n) is 2.08. The minimum Gasteiger partial charge on any atom is -0.368 e. The van der Waals surface area contributed by atoms with Gasteiger partial charge in [0.05, 0.1) is 6.10 Å². The van der Waals surface area contributed by atoms with Crippen LogP contribution in [0.15, 0.2) is 28.7 Å². The first-order chi connectivity index (χ1) is 9.65. The quantitative estimate of drug-likeness (QED) is 0.825. The topological polar surface area (TPSA) is 67.4 Å². The standard InChI is InChI=1S/C14H17BrN2O3/c15-11-7-5-10(6-8-11)14(19)17-16-13(18)9-20-12-3-1-2-4-12/h5-8,12H,1-4,9H2,(H,16,18)(H,17,19). The molecule has 1 aliphatic carbocycles. The first kappa shape index (κ1) is 15.0. The molecule has 0 heterocycles. The highest BCUT2D eigenvalue weighted by Gasteiger charge is 2.16. The van der Waals surface area contributed by atoms with Gasteiger partial charge in [0.1, 0.15) is 6.61 Å². The van der Waals surface area contributed by atoms with E-state index >= 15 is 0 Å². The summed E-state index contributed by atoms with van der Waals surface area (Å²) in [5.41, 5.74) is 5.18. The third-order valence-electron chi connectivity index (χ3n) is 3.17. The van der Waals surface area contributed by atoms with E-state index in [4.69, 9.17) is 4.74 Å². The smallest absolute Gasteiger partial charge is 0.269 e. The molecule has 20 heavy (non-hydrogen) atoms. The molecule has 0 unspecified atom stereocenters. The molecule has 5 nitrogen and oxygen atoms in total. The number of benzene rings is 1. The SMILES string of the molecule is O=C(COC1CCCC1)NNC(=O)c1ccc(Br)cc1. The van der Waals surface area contributed by atoms with E-state index in [9.17, 15) is 9.59 Å². The monoisotopic (exact) mass is 340 g/mol. The normalized spacial score (nSPS) is 15.1. The molecule has 0 aliphatic heterocycles. The second kappa shape index (κ2) is 7.40. The summed E-state index contributed by atoms with van der Waals surface area (Å²) in [6, 6.07) is 6.86. The zero-order chi connectivity index (χ0) is 14.4.